The SMILES string of the molecule is BrCC(CBr)C1CO1. The molecule has 0 aromatic carbocycles. The third-order valence-corrected chi connectivity index (χ3v) is 2.94. The largest absolute Gasteiger partial charge is 0.373 e. The van der Waals surface area contributed by atoms with Gasteiger partial charge >= 0.3 is 0 Å². The lowest BCUT2D eigenvalue weighted by Gasteiger charge is -2.02. The zero-order chi connectivity index (χ0) is 5.98. The molecule has 0 amide bonds. The minimum absolute atomic E-state index is 0.536. The lowest BCUT2D eigenvalue weighted by Crippen LogP contribution is -2.10. The van der Waals surface area contributed by atoms with E-state index in [1.165, 1.54) is 0 Å². The highest BCUT2D eigenvalue weighted by Crippen LogP contribution is 2.23. The first kappa shape index (κ1) is 7.03. The molecular formula is C5H8Br2O. The molecule has 1 heterocycles. The molecule has 0 radical (unpaired) electrons. The molecule has 1 aliphatic rings. The van der Waals surface area contributed by atoms with Crippen molar-refractivity contribution in [2.75, 3.05) is 17.3 Å². The summed E-state index contributed by atoms with van der Waals surface area (Å²) in [5, 5.41) is 2.09. The Kier molecular flexibility index (Phi) is 2.80. The van der Waals surface area contributed by atoms with Crippen LogP contribution in [0.5, 0.6) is 0 Å². The van der Waals surface area contributed by atoms with Crippen LogP contribution in [-0.4, -0.2) is 23.4 Å². The van der Waals surface area contributed by atoms with Gasteiger partial charge in [-0.3, -0.25) is 0 Å². The minimum Gasteiger partial charge on any atom is -0.373 e. The first-order chi connectivity index (χ1) is 3.88. The van der Waals surface area contributed by atoms with Gasteiger partial charge in [-0.25, -0.2) is 0 Å². The van der Waals surface area contributed by atoms with Crippen molar-refractivity contribution in [3.63, 3.8) is 0 Å². The molecule has 0 spiro atoms. The van der Waals surface area contributed by atoms with E-state index in [1.54, 1.807) is 0 Å². The highest BCUT2D eigenvalue weighted by Gasteiger charge is 2.30. The van der Waals surface area contributed by atoms with Crippen molar-refractivity contribution >= 4 is 31.9 Å². The standard InChI is InChI=1S/C5H8Br2O/c6-1-4(2-7)5-3-8-5/h4-5H,1-3H2. The van der Waals surface area contributed by atoms with Crippen molar-refractivity contribution in [1.29, 1.82) is 0 Å². The number of rotatable bonds is 3. The van der Waals surface area contributed by atoms with Gasteiger partial charge in [-0.15, -0.1) is 0 Å². The van der Waals surface area contributed by atoms with Crippen molar-refractivity contribution in [2.45, 2.75) is 6.10 Å². The van der Waals surface area contributed by atoms with E-state index < -0.39 is 0 Å². The molecule has 0 bridgehead atoms. The molecule has 1 nitrogen and oxygen atoms in total. The summed E-state index contributed by atoms with van der Waals surface area (Å²) >= 11 is 6.81. The van der Waals surface area contributed by atoms with E-state index in [0.717, 1.165) is 17.3 Å². The fourth-order valence-corrected chi connectivity index (χ4v) is 2.47. The Balaban J connectivity index is 2.15. The number of alkyl halides is 2. The van der Waals surface area contributed by atoms with E-state index in [4.69, 9.17) is 4.74 Å². The van der Waals surface area contributed by atoms with Gasteiger partial charge < -0.3 is 4.74 Å². The normalized spacial score (nSPS) is 26.6. The van der Waals surface area contributed by atoms with E-state index in [2.05, 4.69) is 31.9 Å². The summed E-state index contributed by atoms with van der Waals surface area (Å²) in [6, 6.07) is 0. The van der Waals surface area contributed by atoms with E-state index >= 15 is 0 Å². The average molecular weight is 244 g/mol. The second-order valence-electron chi connectivity index (χ2n) is 1.94. The van der Waals surface area contributed by atoms with E-state index in [-0.39, 0.29) is 0 Å². The predicted molar refractivity (Wildman–Crippen MR) is 40.8 cm³/mol. The summed E-state index contributed by atoms with van der Waals surface area (Å²) in [7, 11) is 0. The fraction of sp³-hybridized carbons (Fsp3) is 1.00. The molecule has 1 fully saturated rings. The minimum atomic E-state index is 0.536. The number of epoxide rings is 1. The Hall–Kier alpha value is 0.920. The van der Waals surface area contributed by atoms with E-state index in [0.29, 0.717) is 12.0 Å². The molecule has 48 valence electrons. The van der Waals surface area contributed by atoms with Crippen LogP contribution in [0, 0.1) is 5.92 Å². The van der Waals surface area contributed by atoms with Crippen molar-refractivity contribution in [2.24, 2.45) is 5.92 Å². The summed E-state index contributed by atoms with van der Waals surface area (Å²) in [6.07, 6.45) is 0.536. The highest BCUT2D eigenvalue weighted by molar-refractivity contribution is 9.09. The topological polar surface area (TPSA) is 12.5 Å². The van der Waals surface area contributed by atoms with Crippen LogP contribution in [0.4, 0.5) is 0 Å². The quantitative estimate of drug-likeness (QED) is 0.544. The molecule has 1 saturated heterocycles. The van der Waals surface area contributed by atoms with Crippen molar-refractivity contribution in [3.8, 4) is 0 Å². The third kappa shape index (κ3) is 1.71. The second kappa shape index (κ2) is 3.18. The summed E-state index contributed by atoms with van der Waals surface area (Å²) in [6.45, 7) is 0.960. The molecule has 3 heteroatoms. The molecule has 1 rings (SSSR count). The molecule has 1 atom stereocenters. The van der Waals surface area contributed by atoms with Crippen molar-refractivity contribution in [3.05, 3.63) is 0 Å². The first-order valence-electron chi connectivity index (χ1n) is 2.62. The van der Waals surface area contributed by atoms with Crippen LogP contribution in [0.3, 0.4) is 0 Å². The molecule has 1 unspecified atom stereocenters. The summed E-state index contributed by atoms with van der Waals surface area (Å²) in [4.78, 5) is 0. The smallest absolute Gasteiger partial charge is 0.0854 e. The Labute approximate surface area is 66.0 Å². The van der Waals surface area contributed by atoms with Gasteiger partial charge in [-0.05, 0) is 0 Å². The van der Waals surface area contributed by atoms with Crippen molar-refractivity contribution < 1.29 is 4.74 Å². The van der Waals surface area contributed by atoms with Gasteiger partial charge in [-0.2, -0.15) is 0 Å². The maximum absolute atomic E-state index is 5.09. The van der Waals surface area contributed by atoms with Gasteiger partial charge in [0.1, 0.15) is 0 Å². The summed E-state index contributed by atoms with van der Waals surface area (Å²) in [5.41, 5.74) is 0. The van der Waals surface area contributed by atoms with E-state index in [1.807, 2.05) is 0 Å². The molecule has 1 aliphatic heterocycles. The lowest BCUT2D eigenvalue weighted by atomic mass is 10.2. The number of halogens is 2. The average Bonchev–Trinajstić information content (AvgIpc) is 2.53. The molecule has 0 saturated carbocycles. The molecule has 0 aromatic heterocycles. The Bertz CT molecular complexity index is 68.8. The van der Waals surface area contributed by atoms with Gasteiger partial charge in [-0.1, -0.05) is 31.9 Å². The van der Waals surface area contributed by atoms with Crippen LogP contribution in [0.1, 0.15) is 0 Å². The van der Waals surface area contributed by atoms with Crippen LogP contribution < -0.4 is 0 Å². The molecule has 8 heavy (non-hydrogen) atoms. The van der Waals surface area contributed by atoms with Crippen LogP contribution in [0.25, 0.3) is 0 Å². The van der Waals surface area contributed by atoms with Gasteiger partial charge in [0.2, 0.25) is 0 Å². The summed E-state index contributed by atoms with van der Waals surface area (Å²) in [5.74, 6) is 0.676. The Morgan fingerprint density at radius 1 is 1.50 bits per heavy atom. The highest BCUT2D eigenvalue weighted by atomic mass is 79.9. The molecule has 0 N–H and O–H groups in total. The number of ether oxygens (including phenoxy) is 1. The molecule has 0 aromatic rings. The van der Waals surface area contributed by atoms with Gasteiger partial charge in [0, 0.05) is 16.6 Å². The lowest BCUT2D eigenvalue weighted by molar-refractivity contribution is 0.363. The second-order valence-corrected chi connectivity index (χ2v) is 3.24. The van der Waals surface area contributed by atoms with Crippen LogP contribution in [-0.2, 0) is 4.74 Å². The molecular weight excluding hydrogens is 236 g/mol. The van der Waals surface area contributed by atoms with Gasteiger partial charge in [0.05, 0.1) is 12.7 Å². The fourth-order valence-electron chi connectivity index (χ4n) is 0.568. The maximum Gasteiger partial charge on any atom is 0.0854 e. The monoisotopic (exact) mass is 242 g/mol. The molecule has 0 aliphatic carbocycles. The first-order valence-corrected chi connectivity index (χ1v) is 4.86. The maximum atomic E-state index is 5.09. The third-order valence-electron chi connectivity index (χ3n) is 1.28. The number of hydrogen-bond acceptors (Lipinski definition) is 1. The predicted octanol–water partition coefficient (Wildman–Crippen LogP) is 1.79. The van der Waals surface area contributed by atoms with E-state index in [9.17, 15) is 0 Å². The van der Waals surface area contributed by atoms with Crippen LogP contribution >= 0.6 is 31.9 Å². The summed E-state index contributed by atoms with van der Waals surface area (Å²) < 4.78 is 5.09. The zero-order valence-corrected chi connectivity index (χ0v) is 7.61. The van der Waals surface area contributed by atoms with Crippen LogP contribution in [0.2, 0.25) is 0 Å². The Morgan fingerprint density at radius 3 is 2.12 bits per heavy atom. The number of hydrogen-bond donors (Lipinski definition) is 0. The van der Waals surface area contributed by atoms with Crippen LogP contribution in [0.15, 0.2) is 0 Å². The zero-order valence-electron chi connectivity index (χ0n) is 4.44. The van der Waals surface area contributed by atoms with Gasteiger partial charge in [0.25, 0.3) is 0 Å². The Morgan fingerprint density at radius 2 is 2.00 bits per heavy atom. The van der Waals surface area contributed by atoms with Crippen molar-refractivity contribution in [1.82, 2.24) is 0 Å². The van der Waals surface area contributed by atoms with Gasteiger partial charge in [0.15, 0.2) is 0 Å².